The fourth-order valence-corrected chi connectivity index (χ4v) is 7.51. The van der Waals surface area contributed by atoms with Gasteiger partial charge in [-0.2, -0.15) is 0 Å². The maximum Gasteiger partial charge on any atom is 0.0455 e. The van der Waals surface area contributed by atoms with Crippen molar-refractivity contribution in [2.45, 2.75) is 0 Å². The molecule has 0 amide bonds. The third kappa shape index (κ3) is 2.23. The number of hydrogen-bond acceptors (Lipinski definition) is 4. The lowest BCUT2D eigenvalue weighted by Gasteiger charge is -2.00. The van der Waals surface area contributed by atoms with E-state index in [1.165, 1.54) is 50.5 Å². The molecule has 26 heavy (non-hydrogen) atoms. The molecule has 4 heterocycles. The SMILES string of the molecule is c1csc(-c2cc3ccc4c(ccc5cc(-c6cccs6)sc54)c3s2)c1. The van der Waals surface area contributed by atoms with Gasteiger partial charge in [0, 0.05) is 39.7 Å². The molecule has 0 saturated carbocycles. The molecular formula is C22H12S4. The van der Waals surface area contributed by atoms with Crippen LogP contribution in [0.5, 0.6) is 0 Å². The molecule has 0 fully saturated rings. The molecule has 0 unspecified atom stereocenters. The highest BCUT2D eigenvalue weighted by molar-refractivity contribution is 7.27. The normalized spacial score (nSPS) is 11.8. The third-order valence-corrected chi connectivity index (χ3v) is 9.19. The fourth-order valence-electron chi connectivity index (χ4n) is 3.48. The lowest BCUT2D eigenvalue weighted by Crippen LogP contribution is -1.72. The Morgan fingerprint density at radius 2 is 1.00 bits per heavy atom. The van der Waals surface area contributed by atoms with Crippen LogP contribution in [0.25, 0.3) is 50.5 Å². The maximum atomic E-state index is 2.33. The molecule has 6 rings (SSSR count). The van der Waals surface area contributed by atoms with E-state index in [9.17, 15) is 0 Å². The van der Waals surface area contributed by atoms with Crippen molar-refractivity contribution in [2.24, 2.45) is 0 Å². The van der Waals surface area contributed by atoms with Crippen LogP contribution >= 0.6 is 45.3 Å². The molecule has 0 aliphatic heterocycles. The van der Waals surface area contributed by atoms with E-state index in [1.807, 2.05) is 45.3 Å². The molecular weight excluding hydrogens is 393 g/mol. The van der Waals surface area contributed by atoms with E-state index < -0.39 is 0 Å². The Morgan fingerprint density at radius 3 is 1.42 bits per heavy atom. The second kappa shape index (κ2) is 5.76. The van der Waals surface area contributed by atoms with E-state index in [0.29, 0.717) is 0 Å². The molecule has 0 bridgehead atoms. The molecule has 0 aliphatic carbocycles. The van der Waals surface area contributed by atoms with Crippen molar-refractivity contribution >= 4 is 76.3 Å². The van der Waals surface area contributed by atoms with Crippen molar-refractivity contribution in [1.82, 2.24) is 0 Å². The minimum absolute atomic E-state index is 1.35. The Morgan fingerprint density at radius 1 is 0.500 bits per heavy atom. The van der Waals surface area contributed by atoms with Crippen molar-refractivity contribution in [1.29, 1.82) is 0 Å². The predicted octanol–water partition coefficient (Wildman–Crippen LogP) is 8.73. The van der Waals surface area contributed by atoms with Gasteiger partial charge >= 0.3 is 0 Å². The fraction of sp³-hybridized carbons (Fsp3) is 0. The summed E-state index contributed by atoms with van der Waals surface area (Å²) in [7, 11) is 0. The van der Waals surface area contributed by atoms with Crippen molar-refractivity contribution in [3.8, 4) is 19.5 Å². The lowest BCUT2D eigenvalue weighted by molar-refractivity contribution is 1.91. The van der Waals surface area contributed by atoms with Crippen molar-refractivity contribution in [3.63, 3.8) is 0 Å². The highest BCUT2D eigenvalue weighted by Gasteiger charge is 2.12. The molecule has 0 saturated heterocycles. The molecule has 0 aliphatic rings. The smallest absolute Gasteiger partial charge is 0.0455 e. The van der Waals surface area contributed by atoms with E-state index in [4.69, 9.17) is 0 Å². The van der Waals surface area contributed by atoms with Crippen LogP contribution in [0.15, 0.2) is 71.4 Å². The van der Waals surface area contributed by atoms with E-state index in [-0.39, 0.29) is 0 Å². The molecule has 0 N–H and O–H groups in total. The Balaban J connectivity index is 1.63. The number of thiophene rings is 4. The molecule has 124 valence electrons. The molecule has 0 spiro atoms. The zero-order chi connectivity index (χ0) is 17.1. The molecule has 4 aromatic heterocycles. The van der Waals surface area contributed by atoms with Crippen LogP contribution in [0.3, 0.4) is 0 Å². The topological polar surface area (TPSA) is 0 Å². The quantitative estimate of drug-likeness (QED) is 0.271. The number of fused-ring (bicyclic) bond motifs is 5. The summed E-state index contributed by atoms with van der Waals surface area (Å²) in [6.07, 6.45) is 0. The van der Waals surface area contributed by atoms with Crippen molar-refractivity contribution < 1.29 is 0 Å². The molecule has 6 aromatic rings. The van der Waals surface area contributed by atoms with Crippen LogP contribution in [-0.4, -0.2) is 0 Å². The summed E-state index contributed by atoms with van der Waals surface area (Å²) in [6.45, 7) is 0. The first kappa shape index (κ1) is 15.1. The lowest BCUT2D eigenvalue weighted by atomic mass is 10.1. The summed E-state index contributed by atoms with van der Waals surface area (Å²) in [5.41, 5.74) is 0. The second-order valence-corrected chi connectivity index (χ2v) is 10.2. The van der Waals surface area contributed by atoms with Crippen LogP contribution in [0.2, 0.25) is 0 Å². The van der Waals surface area contributed by atoms with Gasteiger partial charge < -0.3 is 0 Å². The highest BCUT2D eigenvalue weighted by atomic mass is 32.1. The summed E-state index contributed by atoms with van der Waals surface area (Å²) in [5.74, 6) is 0. The van der Waals surface area contributed by atoms with Gasteiger partial charge in [-0.05, 0) is 45.8 Å². The summed E-state index contributed by atoms with van der Waals surface area (Å²) in [4.78, 5) is 5.45. The van der Waals surface area contributed by atoms with Gasteiger partial charge in [-0.15, -0.1) is 45.3 Å². The van der Waals surface area contributed by atoms with Gasteiger partial charge in [0.05, 0.1) is 0 Å². The van der Waals surface area contributed by atoms with Gasteiger partial charge in [0.1, 0.15) is 0 Å². The summed E-state index contributed by atoms with van der Waals surface area (Å²) in [6, 6.07) is 22.5. The van der Waals surface area contributed by atoms with Gasteiger partial charge in [0.2, 0.25) is 0 Å². The van der Waals surface area contributed by atoms with Crippen LogP contribution in [0, 0.1) is 0 Å². The standard InChI is InChI=1S/C22H12S4/c1-3-17(23-9-1)19-11-13-5-7-16-15(21(13)25-19)8-6-14-12-20(26-22(14)16)18-4-2-10-24-18/h1-12H. The van der Waals surface area contributed by atoms with Crippen molar-refractivity contribution in [3.05, 3.63) is 71.4 Å². The number of rotatable bonds is 2. The molecule has 4 heteroatoms. The second-order valence-electron chi connectivity index (χ2n) is 6.24. The maximum absolute atomic E-state index is 2.33. The average molecular weight is 405 g/mol. The van der Waals surface area contributed by atoms with Crippen LogP contribution in [-0.2, 0) is 0 Å². The summed E-state index contributed by atoms with van der Waals surface area (Å²) < 4.78 is 2.80. The minimum atomic E-state index is 1.35. The number of hydrogen-bond donors (Lipinski definition) is 0. The Bertz CT molecular complexity index is 1250. The summed E-state index contributed by atoms with van der Waals surface area (Å²) >= 11 is 7.46. The summed E-state index contributed by atoms with van der Waals surface area (Å²) in [5, 5.41) is 9.75. The van der Waals surface area contributed by atoms with Crippen LogP contribution < -0.4 is 0 Å². The van der Waals surface area contributed by atoms with Crippen LogP contribution in [0.1, 0.15) is 0 Å². The largest absolute Gasteiger partial charge is 0.143 e. The van der Waals surface area contributed by atoms with Gasteiger partial charge in [0.25, 0.3) is 0 Å². The Hall–Kier alpha value is -1.98. The molecule has 2 aromatic carbocycles. The van der Waals surface area contributed by atoms with Gasteiger partial charge in [-0.3, -0.25) is 0 Å². The van der Waals surface area contributed by atoms with Crippen LogP contribution in [0.4, 0.5) is 0 Å². The molecule has 0 nitrogen and oxygen atoms in total. The zero-order valence-corrected chi connectivity index (χ0v) is 16.8. The van der Waals surface area contributed by atoms with E-state index in [2.05, 4.69) is 71.4 Å². The average Bonchev–Trinajstić information content (AvgIpc) is 3.47. The van der Waals surface area contributed by atoms with E-state index in [1.54, 1.807) is 0 Å². The van der Waals surface area contributed by atoms with E-state index in [0.717, 1.165) is 0 Å². The predicted molar refractivity (Wildman–Crippen MR) is 121 cm³/mol. The van der Waals surface area contributed by atoms with Gasteiger partial charge in [-0.1, -0.05) is 36.4 Å². The number of benzene rings is 2. The Kier molecular flexibility index (Phi) is 3.35. The first-order valence-electron chi connectivity index (χ1n) is 8.33. The van der Waals surface area contributed by atoms with Crippen molar-refractivity contribution in [2.75, 3.05) is 0 Å². The first-order valence-corrected chi connectivity index (χ1v) is 11.7. The monoisotopic (exact) mass is 404 g/mol. The van der Waals surface area contributed by atoms with Gasteiger partial charge in [0.15, 0.2) is 0 Å². The molecule has 0 radical (unpaired) electrons. The third-order valence-electron chi connectivity index (χ3n) is 4.69. The Labute approximate surface area is 166 Å². The van der Waals surface area contributed by atoms with Gasteiger partial charge in [-0.25, -0.2) is 0 Å². The minimum Gasteiger partial charge on any atom is -0.143 e. The first-order chi connectivity index (χ1) is 12.9. The zero-order valence-electron chi connectivity index (χ0n) is 13.6. The molecule has 0 atom stereocenters. The van der Waals surface area contributed by atoms with E-state index >= 15 is 0 Å². The highest BCUT2D eigenvalue weighted by Crippen LogP contribution is 2.44.